The van der Waals surface area contributed by atoms with Crippen LogP contribution in [0.15, 0.2) is 114 Å². The monoisotopic (exact) mass is 844 g/mol. The summed E-state index contributed by atoms with van der Waals surface area (Å²) in [7, 11) is 0. The SMILES string of the molecule is CCCCC(NC(=O)c1cccc(C2(C(N)=O)C=CC=CC2(c2csc(-c3ccccc3)n2)C(CCCC)C(=O)C(N)=O)c1-c1csc(-c2ccccc2)n1)C(O)C(N)=O. The number of Topliss-reactive ketones (excluding diaryl/α,β-unsaturated/α-hetero) is 1. The molecule has 3 aromatic carbocycles. The minimum atomic E-state index is -2.01. The first-order valence-corrected chi connectivity index (χ1v) is 21.6. The lowest BCUT2D eigenvalue weighted by atomic mass is 9.49. The number of carbonyl (C=O) groups excluding carboxylic acids is 5. The van der Waals surface area contributed by atoms with Gasteiger partial charge in [-0.1, -0.05) is 137 Å². The zero-order valence-electron chi connectivity index (χ0n) is 33.4. The van der Waals surface area contributed by atoms with E-state index in [1.807, 2.05) is 74.5 Å². The Balaban J connectivity index is 1.70. The number of unbranched alkanes of at least 4 members (excludes halogenated alkanes) is 2. The number of nitrogens with zero attached hydrogens (tertiary/aromatic N) is 2. The van der Waals surface area contributed by atoms with Gasteiger partial charge in [0, 0.05) is 38.9 Å². The average Bonchev–Trinajstić information content (AvgIpc) is 3.97. The smallest absolute Gasteiger partial charge is 0.285 e. The molecule has 0 saturated heterocycles. The number of ketones is 1. The summed E-state index contributed by atoms with van der Waals surface area (Å²) < 4.78 is 0. The Morgan fingerprint density at radius 1 is 0.750 bits per heavy atom. The molecule has 5 unspecified atom stereocenters. The predicted octanol–water partition coefficient (Wildman–Crippen LogP) is 6.38. The lowest BCUT2D eigenvalue weighted by Crippen LogP contribution is -2.62. The second-order valence-corrected chi connectivity index (χ2v) is 16.5. The molecule has 8 N–H and O–H groups in total. The van der Waals surface area contributed by atoms with Crippen LogP contribution >= 0.6 is 22.7 Å². The first-order valence-electron chi connectivity index (χ1n) is 19.9. The zero-order chi connectivity index (χ0) is 43.0. The Bertz CT molecular complexity index is 2430. The molecule has 0 aliphatic heterocycles. The summed E-state index contributed by atoms with van der Waals surface area (Å²) in [6.45, 7) is 3.88. The number of benzene rings is 3. The van der Waals surface area contributed by atoms with E-state index in [0.717, 1.165) is 11.1 Å². The first kappa shape index (κ1) is 43.5. The Morgan fingerprint density at radius 2 is 1.35 bits per heavy atom. The fraction of sp³-hybridized carbons (Fsp3) is 0.283. The highest BCUT2D eigenvalue weighted by Gasteiger charge is 2.63. The van der Waals surface area contributed by atoms with E-state index in [4.69, 9.17) is 27.2 Å². The number of amides is 4. The highest BCUT2D eigenvalue weighted by atomic mass is 32.1. The van der Waals surface area contributed by atoms with Crippen molar-refractivity contribution < 1.29 is 29.1 Å². The topological polar surface area (TPSA) is 221 Å². The van der Waals surface area contributed by atoms with E-state index >= 15 is 0 Å². The molecular weight excluding hydrogens is 797 g/mol. The van der Waals surface area contributed by atoms with Crippen LogP contribution in [0, 0.1) is 5.92 Å². The Labute approximate surface area is 356 Å². The van der Waals surface area contributed by atoms with Crippen LogP contribution in [0.2, 0.25) is 0 Å². The molecule has 6 rings (SSSR count). The summed E-state index contributed by atoms with van der Waals surface area (Å²) in [5.41, 5.74) is 17.0. The molecule has 0 radical (unpaired) electrons. The summed E-state index contributed by atoms with van der Waals surface area (Å²) >= 11 is 2.63. The molecule has 14 heteroatoms. The third-order valence-corrected chi connectivity index (χ3v) is 12.9. The second kappa shape index (κ2) is 18.9. The number of rotatable bonds is 19. The van der Waals surface area contributed by atoms with Gasteiger partial charge >= 0.3 is 0 Å². The number of hydrogen-bond donors (Lipinski definition) is 5. The van der Waals surface area contributed by atoms with Crippen LogP contribution in [0.1, 0.15) is 74.0 Å². The molecule has 60 heavy (non-hydrogen) atoms. The molecule has 1 aliphatic rings. The minimum Gasteiger partial charge on any atom is -0.381 e. The number of nitrogens with one attached hydrogen (secondary N) is 1. The van der Waals surface area contributed by atoms with Crippen molar-refractivity contribution in [1.82, 2.24) is 15.3 Å². The quantitative estimate of drug-likeness (QED) is 0.0586. The van der Waals surface area contributed by atoms with Crippen LogP contribution in [-0.4, -0.2) is 56.6 Å². The molecular formula is C46H48N6O6S2. The molecule has 2 heterocycles. The van der Waals surface area contributed by atoms with Gasteiger partial charge < -0.3 is 27.6 Å². The van der Waals surface area contributed by atoms with Crippen LogP contribution < -0.4 is 22.5 Å². The fourth-order valence-electron chi connectivity index (χ4n) is 8.21. The molecule has 2 aromatic heterocycles. The second-order valence-electron chi connectivity index (χ2n) is 14.8. The zero-order valence-corrected chi connectivity index (χ0v) is 35.0. The maximum atomic E-state index is 14.9. The number of aliphatic hydroxyl groups excluding tert-OH is 1. The largest absolute Gasteiger partial charge is 0.381 e. The molecule has 4 amide bonds. The Hall–Kier alpha value is -6.09. The van der Waals surface area contributed by atoms with Gasteiger partial charge in [0.2, 0.25) is 17.6 Å². The first-order chi connectivity index (χ1) is 28.9. The summed E-state index contributed by atoms with van der Waals surface area (Å²) in [5.74, 6) is -5.90. The van der Waals surface area contributed by atoms with Crippen molar-refractivity contribution in [2.45, 2.75) is 75.3 Å². The van der Waals surface area contributed by atoms with Gasteiger partial charge in [-0.3, -0.25) is 24.0 Å². The van der Waals surface area contributed by atoms with E-state index < -0.39 is 58.3 Å². The average molecular weight is 845 g/mol. The summed E-state index contributed by atoms with van der Waals surface area (Å²) in [4.78, 5) is 79.6. The molecule has 0 bridgehead atoms. The minimum absolute atomic E-state index is 0.0441. The van der Waals surface area contributed by atoms with Crippen molar-refractivity contribution in [2.75, 3.05) is 0 Å². The van der Waals surface area contributed by atoms with E-state index in [1.165, 1.54) is 22.7 Å². The van der Waals surface area contributed by atoms with Crippen molar-refractivity contribution in [2.24, 2.45) is 23.1 Å². The lowest BCUT2D eigenvalue weighted by Gasteiger charge is -2.50. The highest BCUT2D eigenvalue weighted by molar-refractivity contribution is 7.13. The third kappa shape index (κ3) is 8.22. The summed E-state index contributed by atoms with van der Waals surface area (Å²) in [5, 5.41) is 18.4. The number of hydrogen-bond acceptors (Lipinski definition) is 10. The van der Waals surface area contributed by atoms with Crippen LogP contribution in [0.25, 0.3) is 32.4 Å². The Morgan fingerprint density at radius 3 is 1.95 bits per heavy atom. The standard InChI is InChI=1S/C46H48N6O6S2/c1-3-5-21-32(37(53)39(47)55)45(35-27-60-43(52-35)29-18-11-8-12-19-29)24-13-14-25-46(45,44(49)58)31-22-15-20-30(41(57)50-33(23-6-4-2)38(54)40(48)56)36(31)34-26-59-42(51-34)28-16-9-7-10-17-28/h7-20,22,24-27,32-33,38,54H,3-6,21,23H2,1-2H3,(H2,47,55)(H2,48,56)(H2,49,58)(H,50,57). The fourth-order valence-corrected chi connectivity index (χ4v) is 9.92. The number of allylic oxidation sites excluding steroid dienone is 3. The number of aromatic nitrogens is 2. The van der Waals surface area contributed by atoms with E-state index in [0.29, 0.717) is 47.1 Å². The molecule has 310 valence electrons. The molecule has 12 nitrogen and oxygen atoms in total. The number of thiazole rings is 2. The predicted molar refractivity (Wildman–Crippen MR) is 235 cm³/mol. The van der Waals surface area contributed by atoms with Crippen LogP contribution in [-0.2, 0) is 30.0 Å². The van der Waals surface area contributed by atoms with Crippen molar-refractivity contribution in [3.05, 3.63) is 131 Å². The van der Waals surface area contributed by atoms with Crippen LogP contribution in [0.5, 0.6) is 0 Å². The van der Waals surface area contributed by atoms with E-state index in [-0.39, 0.29) is 29.5 Å². The van der Waals surface area contributed by atoms with Crippen molar-refractivity contribution >= 4 is 52.1 Å². The van der Waals surface area contributed by atoms with Gasteiger partial charge in [0.1, 0.15) is 15.4 Å². The van der Waals surface area contributed by atoms with Gasteiger partial charge in [0.25, 0.3) is 11.8 Å². The molecule has 0 saturated carbocycles. The van der Waals surface area contributed by atoms with Gasteiger partial charge in [-0.05, 0) is 24.5 Å². The normalized spacial score (nSPS) is 18.6. The lowest BCUT2D eigenvalue weighted by molar-refractivity contribution is -0.141. The van der Waals surface area contributed by atoms with Gasteiger partial charge in [0.15, 0.2) is 6.10 Å². The van der Waals surface area contributed by atoms with E-state index in [1.54, 1.807) is 53.3 Å². The van der Waals surface area contributed by atoms with Crippen LogP contribution in [0.4, 0.5) is 0 Å². The van der Waals surface area contributed by atoms with Crippen molar-refractivity contribution in [3.8, 4) is 32.4 Å². The highest BCUT2D eigenvalue weighted by Crippen LogP contribution is 2.57. The van der Waals surface area contributed by atoms with Gasteiger partial charge in [0.05, 0.1) is 22.8 Å². The number of primary amides is 3. The van der Waals surface area contributed by atoms with Gasteiger partial charge in [-0.15, -0.1) is 22.7 Å². The summed E-state index contributed by atoms with van der Waals surface area (Å²) in [6, 6.07) is 22.6. The third-order valence-electron chi connectivity index (χ3n) is 11.1. The van der Waals surface area contributed by atoms with Crippen molar-refractivity contribution in [1.29, 1.82) is 0 Å². The molecule has 5 aromatic rings. The molecule has 0 fully saturated rings. The summed E-state index contributed by atoms with van der Waals surface area (Å²) in [6.07, 6.45) is 7.79. The van der Waals surface area contributed by atoms with Crippen LogP contribution in [0.3, 0.4) is 0 Å². The Kier molecular flexibility index (Phi) is 13.7. The van der Waals surface area contributed by atoms with Gasteiger partial charge in [-0.25, -0.2) is 9.97 Å². The maximum Gasteiger partial charge on any atom is 0.285 e. The van der Waals surface area contributed by atoms with Gasteiger partial charge in [-0.2, -0.15) is 0 Å². The number of carbonyl (C=O) groups is 5. The maximum absolute atomic E-state index is 14.9. The van der Waals surface area contributed by atoms with E-state index in [9.17, 15) is 29.1 Å². The number of aliphatic hydroxyl groups is 1. The molecule has 1 aliphatic carbocycles. The number of nitrogens with two attached hydrogens (primary N) is 3. The molecule has 0 spiro atoms. The van der Waals surface area contributed by atoms with Crippen molar-refractivity contribution in [3.63, 3.8) is 0 Å². The van der Waals surface area contributed by atoms with E-state index in [2.05, 4.69) is 5.32 Å². The molecule has 5 atom stereocenters.